The number of rotatable bonds is 6. The summed E-state index contributed by atoms with van der Waals surface area (Å²) in [5.41, 5.74) is 5.78. The van der Waals surface area contributed by atoms with Gasteiger partial charge in [-0.25, -0.2) is 4.68 Å². The maximum Gasteiger partial charge on any atom is 0.242 e. The zero-order valence-electron chi connectivity index (χ0n) is 11.3. The number of nitrogens with two attached hydrogens (primary N) is 1. The minimum absolute atomic E-state index is 0.0562. The summed E-state index contributed by atoms with van der Waals surface area (Å²) in [5.74, 6) is -0.308. The molecule has 0 aromatic carbocycles. The molecule has 4 N–H and O–H groups in total. The Morgan fingerprint density at radius 2 is 2.10 bits per heavy atom. The molecule has 2 amide bonds. The van der Waals surface area contributed by atoms with E-state index in [0.717, 1.165) is 12.8 Å². The SMILES string of the molecule is NCC(=O)NCc1cn(CC(=O)NC2CCCC2)nn1. The molecule has 110 valence electrons. The number of nitrogens with zero attached hydrogens (tertiary/aromatic N) is 3. The smallest absolute Gasteiger partial charge is 0.242 e. The standard InChI is InChI=1S/C12H20N6O2/c13-5-11(19)14-6-10-7-18(17-16-10)8-12(20)15-9-3-1-2-4-9/h7,9H,1-6,8,13H2,(H,14,19)(H,15,20). The fraction of sp³-hybridized carbons (Fsp3) is 0.667. The van der Waals surface area contributed by atoms with Crippen LogP contribution in [-0.4, -0.2) is 39.4 Å². The highest BCUT2D eigenvalue weighted by Crippen LogP contribution is 2.17. The Bertz CT molecular complexity index is 466. The molecule has 0 aliphatic heterocycles. The number of carbonyl (C=O) groups is 2. The molecule has 8 nitrogen and oxygen atoms in total. The predicted octanol–water partition coefficient (Wildman–Crippen LogP) is -1.09. The lowest BCUT2D eigenvalue weighted by molar-refractivity contribution is -0.122. The quantitative estimate of drug-likeness (QED) is 0.612. The van der Waals surface area contributed by atoms with Crippen LogP contribution < -0.4 is 16.4 Å². The Kier molecular flexibility index (Phi) is 5.05. The van der Waals surface area contributed by atoms with Crippen LogP contribution in [0.1, 0.15) is 31.4 Å². The molecule has 1 aliphatic rings. The molecule has 0 saturated heterocycles. The molecule has 1 heterocycles. The van der Waals surface area contributed by atoms with Crippen molar-refractivity contribution in [2.24, 2.45) is 5.73 Å². The van der Waals surface area contributed by atoms with E-state index < -0.39 is 0 Å². The average molecular weight is 280 g/mol. The first kappa shape index (κ1) is 14.4. The highest BCUT2D eigenvalue weighted by atomic mass is 16.2. The fourth-order valence-corrected chi connectivity index (χ4v) is 2.25. The zero-order chi connectivity index (χ0) is 14.4. The number of carbonyl (C=O) groups excluding carboxylic acids is 2. The Morgan fingerprint density at radius 1 is 1.35 bits per heavy atom. The van der Waals surface area contributed by atoms with Gasteiger partial charge in [-0.15, -0.1) is 5.10 Å². The summed E-state index contributed by atoms with van der Waals surface area (Å²) in [5, 5.41) is 13.3. The van der Waals surface area contributed by atoms with Crippen LogP contribution in [-0.2, 0) is 22.7 Å². The third-order valence-electron chi connectivity index (χ3n) is 3.26. The second-order valence-electron chi connectivity index (χ2n) is 4.94. The summed E-state index contributed by atoms with van der Waals surface area (Å²) in [6, 6.07) is 0.300. The van der Waals surface area contributed by atoms with Crippen molar-refractivity contribution < 1.29 is 9.59 Å². The van der Waals surface area contributed by atoms with Gasteiger partial charge < -0.3 is 16.4 Å². The van der Waals surface area contributed by atoms with Crippen LogP contribution in [0, 0.1) is 0 Å². The molecular weight excluding hydrogens is 260 g/mol. The Balaban J connectivity index is 1.76. The van der Waals surface area contributed by atoms with Gasteiger partial charge in [-0.05, 0) is 12.8 Å². The van der Waals surface area contributed by atoms with Gasteiger partial charge in [-0.1, -0.05) is 18.1 Å². The lowest BCUT2D eigenvalue weighted by Gasteiger charge is -2.11. The summed E-state index contributed by atoms with van der Waals surface area (Å²) < 4.78 is 1.47. The van der Waals surface area contributed by atoms with Crippen molar-refractivity contribution in [2.45, 2.75) is 44.8 Å². The number of amides is 2. The zero-order valence-corrected chi connectivity index (χ0v) is 11.3. The van der Waals surface area contributed by atoms with Crippen molar-refractivity contribution in [3.8, 4) is 0 Å². The van der Waals surface area contributed by atoms with Gasteiger partial charge >= 0.3 is 0 Å². The number of nitrogens with one attached hydrogen (secondary N) is 2. The third kappa shape index (κ3) is 4.30. The second-order valence-corrected chi connectivity index (χ2v) is 4.94. The first-order chi connectivity index (χ1) is 9.67. The molecule has 1 aromatic rings. The molecule has 0 unspecified atom stereocenters. The van der Waals surface area contributed by atoms with E-state index in [4.69, 9.17) is 5.73 Å². The van der Waals surface area contributed by atoms with Gasteiger partial charge in [0.2, 0.25) is 11.8 Å². The van der Waals surface area contributed by atoms with Crippen LogP contribution >= 0.6 is 0 Å². The molecule has 1 saturated carbocycles. The average Bonchev–Trinajstić information content (AvgIpc) is 3.07. The molecule has 8 heteroatoms. The molecule has 0 bridgehead atoms. The largest absolute Gasteiger partial charge is 0.352 e. The topological polar surface area (TPSA) is 115 Å². The fourth-order valence-electron chi connectivity index (χ4n) is 2.25. The number of hydrogen-bond donors (Lipinski definition) is 3. The minimum Gasteiger partial charge on any atom is -0.352 e. The summed E-state index contributed by atoms with van der Waals surface area (Å²) in [6.45, 7) is 0.354. The van der Waals surface area contributed by atoms with Crippen LogP contribution in [0.2, 0.25) is 0 Å². The van der Waals surface area contributed by atoms with E-state index in [-0.39, 0.29) is 31.4 Å². The molecule has 0 atom stereocenters. The van der Waals surface area contributed by atoms with Crippen LogP contribution in [0.5, 0.6) is 0 Å². The van der Waals surface area contributed by atoms with Crippen LogP contribution in [0.4, 0.5) is 0 Å². The minimum atomic E-state index is -0.251. The van der Waals surface area contributed by atoms with Crippen molar-refractivity contribution in [2.75, 3.05) is 6.54 Å². The summed E-state index contributed by atoms with van der Waals surface area (Å²) in [7, 11) is 0. The van der Waals surface area contributed by atoms with E-state index in [9.17, 15) is 9.59 Å². The monoisotopic (exact) mass is 280 g/mol. The molecule has 1 aliphatic carbocycles. The van der Waals surface area contributed by atoms with E-state index in [1.807, 2.05) is 0 Å². The van der Waals surface area contributed by atoms with Crippen LogP contribution in [0.3, 0.4) is 0 Å². The van der Waals surface area contributed by atoms with Crippen LogP contribution in [0.25, 0.3) is 0 Å². The molecule has 0 radical (unpaired) electrons. The Labute approximate surface area is 117 Å². The molecule has 1 fully saturated rings. The van der Waals surface area contributed by atoms with E-state index in [1.54, 1.807) is 6.20 Å². The van der Waals surface area contributed by atoms with Gasteiger partial charge in [0.1, 0.15) is 12.2 Å². The normalized spacial score (nSPS) is 15.2. The first-order valence-electron chi connectivity index (χ1n) is 6.82. The third-order valence-corrected chi connectivity index (χ3v) is 3.26. The molecule has 0 spiro atoms. The summed E-state index contributed by atoms with van der Waals surface area (Å²) in [4.78, 5) is 22.8. The van der Waals surface area contributed by atoms with E-state index in [1.165, 1.54) is 17.5 Å². The number of aromatic nitrogens is 3. The van der Waals surface area contributed by atoms with Gasteiger partial charge in [0.05, 0.1) is 19.3 Å². The Morgan fingerprint density at radius 3 is 2.80 bits per heavy atom. The summed E-state index contributed by atoms with van der Waals surface area (Å²) in [6.07, 6.45) is 6.11. The molecule has 2 rings (SSSR count). The van der Waals surface area contributed by atoms with Gasteiger partial charge in [-0.3, -0.25) is 9.59 Å². The number of hydrogen-bond acceptors (Lipinski definition) is 5. The van der Waals surface area contributed by atoms with E-state index in [0.29, 0.717) is 11.7 Å². The maximum absolute atomic E-state index is 11.8. The van der Waals surface area contributed by atoms with Crippen molar-refractivity contribution in [1.29, 1.82) is 0 Å². The van der Waals surface area contributed by atoms with Gasteiger partial charge in [0.25, 0.3) is 0 Å². The lowest BCUT2D eigenvalue weighted by Crippen LogP contribution is -2.35. The highest BCUT2D eigenvalue weighted by Gasteiger charge is 2.17. The van der Waals surface area contributed by atoms with Gasteiger partial charge in [-0.2, -0.15) is 0 Å². The molecule has 20 heavy (non-hydrogen) atoms. The lowest BCUT2D eigenvalue weighted by atomic mass is 10.2. The van der Waals surface area contributed by atoms with Crippen molar-refractivity contribution in [1.82, 2.24) is 25.6 Å². The summed E-state index contributed by atoms with van der Waals surface area (Å²) >= 11 is 0. The molecule has 1 aromatic heterocycles. The Hall–Kier alpha value is -1.96. The van der Waals surface area contributed by atoms with Crippen molar-refractivity contribution >= 4 is 11.8 Å². The molecular formula is C12H20N6O2. The van der Waals surface area contributed by atoms with E-state index in [2.05, 4.69) is 20.9 Å². The maximum atomic E-state index is 11.8. The van der Waals surface area contributed by atoms with Crippen molar-refractivity contribution in [3.63, 3.8) is 0 Å². The van der Waals surface area contributed by atoms with E-state index >= 15 is 0 Å². The van der Waals surface area contributed by atoms with Crippen LogP contribution in [0.15, 0.2) is 6.20 Å². The first-order valence-corrected chi connectivity index (χ1v) is 6.82. The second kappa shape index (κ2) is 6.99. The van der Waals surface area contributed by atoms with Crippen molar-refractivity contribution in [3.05, 3.63) is 11.9 Å². The highest BCUT2D eigenvalue weighted by molar-refractivity contribution is 5.77. The van der Waals surface area contributed by atoms with Gasteiger partial charge in [0.15, 0.2) is 0 Å². The van der Waals surface area contributed by atoms with Gasteiger partial charge in [0, 0.05) is 6.04 Å². The predicted molar refractivity (Wildman–Crippen MR) is 71.3 cm³/mol.